The van der Waals surface area contributed by atoms with Crippen molar-refractivity contribution in [2.45, 2.75) is 38.8 Å². The zero-order valence-electron chi connectivity index (χ0n) is 13.7. The minimum atomic E-state index is -0.794. The van der Waals surface area contributed by atoms with E-state index >= 15 is 0 Å². The first kappa shape index (κ1) is 18.6. The van der Waals surface area contributed by atoms with Crippen LogP contribution in [-0.4, -0.2) is 61.9 Å². The zero-order valence-corrected chi connectivity index (χ0v) is 13.7. The average Bonchev–Trinajstić information content (AvgIpc) is 2.75. The molecule has 0 spiro atoms. The van der Waals surface area contributed by atoms with Crippen LogP contribution < -0.4 is 11.1 Å². The molecule has 7 heteroatoms. The van der Waals surface area contributed by atoms with Crippen molar-refractivity contribution in [1.82, 2.24) is 10.2 Å². The smallest absolute Gasteiger partial charge is 0.224 e. The standard InChI is InChI=1S/C15H26N3O4/c1-15(2,14(16)21)7-5-12(20)17-13-10(19)9-22-11(13)6-8-18(3)4/h5,11,13H,6-9H2,1-4H3,(H2,16,21)(H,17,20). The molecule has 0 aromatic heterocycles. The topological polar surface area (TPSA) is 102 Å². The van der Waals surface area contributed by atoms with Crippen molar-refractivity contribution in [1.29, 1.82) is 0 Å². The van der Waals surface area contributed by atoms with E-state index in [9.17, 15) is 14.4 Å². The molecule has 2 unspecified atom stereocenters. The van der Waals surface area contributed by atoms with E-state index in [0.717, 1.165) is 6.54 Å². The first-order valence-corrected chi connectivity index (χ1v) is 7.36. The van der Waals surface area contributed by atoms with Gasteiger partial charge in [-0.05, 0) is 26.9 Å². The summed E-state index contributed by atoms with van der Waals surface area (Å²) in [6.07, 6.45) is 1.94. The maximum atomic E-state index is 12.0. The average molecular weight is 312 g/mol. The zero-order chi connectivity index (χ0) is 16.9. The van der Waals surface area contributed by atoms with Gasteiger partial charge in [-0.3, -0.25) is 14.4 Å². The number of nitrogens with zero attached hydrogens (tertiary/aromatic N) is 1. The van der Waals surface area contributed by atoms with Gasteiger partial charge in [0.25, 0.3) is 0 Å². The minimum Gasteiger partial charge on any atom is -0.369 e. The molecular formula is C15H26N3O4. The van der Waals surface area contributed by atoms with Gasteiger partial charge in [-0.1, -0.05) is 13.8 Å². The number of nitrogens with two attached hydrogens (primary N) is 1. The summed E-state index contributed by atoms with van der Waals surface area (Å²) in [6.45, 7) is 4.13. The number of hydrogen-bond acceptors (Lipinski definition) is 5. The number of ether oxygens (including phenoxy) is 1. The molecular weight excluding hydrogens is 286 g/mol. The number of nitrogens with one attached hydrogen (secondary N) is 1. The maximum absolute atomic E-state index is 12.0. The Morgan fingerprint density at radius 1 is 1.45 bits per heavy atom. The first-order chi connectivity index (χ1) is 10.1. The van der Waals surface area contributed by atoms with E-state index < -0.39 is 17.4 Å². The second-order valence-electron chi connectivity index (χ2n) is 6.55. The van der Waals surface area contributed by atoms with Gasteiger partial charge in [-0.25, -0.2) is 0 Å². The third-order valence-electron chi connectivity index (χ3n) is 3.78. The Kier molecular flexibility index (Phi) is 6.49. The Morgan fingerprint density at radius 3 is 2.64 bits per heavy atom. The van der Waals surface area contributed by atoms with E-state index in [0.29, 0.717) is 6.42 Å². The molecule has 1 aliphatic rings. The molecule has 3 N–H and O–H groups in total. The van der Waals surface area contributed by atoms with Crippen LogP contribution in [0.25, 0.3) is 0 Å². The summed E-state index contributed by atoms with van der Waals surface area (Å²) < 4.78 is 5.43. The Hall–Kier alpha value is -1.47. The fraction of sp³-hybridized carbons (Fsp3) is 0.733. The number of carbonyl (C=O) groups excluding carboxylic acids is 3. The molecule has 1 fully saturated rings. The summed E-state index contributed by atoms with van der Waals surface area (Å²) in [6, 6.07) is -0.625. The van der Waals surface area contributed by atoms with Gasteiger partial charge in [0.1, 0.15) is 12.6 Å². The lowest BCUT2D eigenvalue weighted by Gasteiger charge is -2.22. The van der Waals surface area contributed by atoms with E-state index in [1.807, 2.05) is 19.0 Å². The highest BCUT2D eigenvalue weighted by Gasteiger charge is 2.37. The highest BCUT2D eigenvalue weighted by atomic mass is 16.5. The van der Waals surface area contributed by atoms with Gasteiger partial charge in [0, 0.05) is 12.0 Å². The van der Waals surface area contributed by atoms with Gasteiger partial charge in [0.05, 0.1) is 12.5 Å². The highest BCUT2D eigenvalue weighted by Crippen LogP contribution is 2.21. The third kappa shape index (κ3) is 5.38. The van der Waals surface area contributed by atoms with E-state index in [2.05, 4.69) is 5.32 Å². The van der Waals surface area contributed by atoms with Crippen LogP contribution >= 0.6 is 0 Å². The Morgan fingerprint density at radius 2 is 2.09 bits per heavy atom. The van der Waals surface area contributed by atoms with Crippen LogP contribution in [-0.2, 0) is 19.1 Å². The minimum absolute atomic E-state index is 0.0236. The molecule has 1 heterocycles. The fourth-order valence-electron chi connectivity index (χ4n) is 2.05. The normalized spacial score (nSPS) is 22.1. The lowest BCUT2D eigenvalue weighted by Crippen LogP contribution is -2.46. The van der Waals surface area contributed by atoms with Crippen LogP contribution in [0, 0.1) is 11.8 Å². The van der Waals surface area contributed by atoms with Crippen molar-refractivity contribution in [3.8, 4) is 0 Å². The van der Waals surface area contributed by atoms with E-state index in [1.165, 1.54) is 6.42 Å². The summed E-state index contributed by atoms with van der Waals surface area (Å²) in [5.74, 6) is -0.978. The molecule has 1 saturated heterocycles. The molecule has 7 nitrogen and oxygen atoms in total. The summed E-state index contributed by atoms with van der Waals surface area (Å²) in [5, 5.41) is 2.67. The summed E-state index contributed by atoms with van der Waals surface area (Å²) in [4.78, 5) is 37.0. The number of hydrogen-bond donors (Lipinski definition) is 2. The number of ketones is 1. The SMILES string of the molecule is CN(C)CCC1OCC(=O)C1NC(=O)[CH]CC(C)(C)C(N)=O. The quantitative estimate of drug-likeness (QED) is 0.629. The molecule has 0 aromatic carbocycles. The molecule has 0 aromatic rings. The van der Waals surface area contributed by atoms with E-state index in [-0.39, 0.29) is 30.8 Å². The molecule has 125 valence electrons. The first-order valence-electron chi connectivity index (χ1n) is 7.36. The largest absolute Gasteiger partial charge is 0.369 e. The Balaban J connectivity index is 2.50. The monoisotopic (exact) mass is 312 g/mol. The predicted octanol–water partition coefficient (Wildman–Crippen LogP) is -0.503. The molecule has 0 saturated carbocycles. The second-order valence-corrected chi connectivity index (χ2v) is 6.55. The summed E-state index contributed by atoms with van der Waals surface area (Å²) in [7, 11) is 3.87. The van der Waals surface area contributed by atoms with Crippen LogP contribution in [0.5, 0.6) is 0 Å². The molecule has 22 heavy (non-hydrogen) atoms. The fourth-order valence-corrected chi connectivity index (χ4v) is 2.05. The van der Waals surface area contributed by atoms with Crippen molar-refractivity contribution in [2.75, 3.05) is 27.2 Å². The Bertz CT molecular complexity index is 435. The number of rotatable bonds is 8. The van der Waals surface area contributed by atoms with Crippen molar-refractivity contribution < 1.29 is 19.1 Å². The highest BCUT2D eigenvalue weighted by molar-refractivity contribution is 5.94. The molecule has 1 radical (unpaired) electrons. The molecule has 0 aliphatic carbocycles. The van der Waals surface area contributed by atoms with Gasteiger partial charge in [-0.15, -0.1) is 0 Å². The number of carbonyl (C=O) groups is 3. The Labute approximate surface area is 131 Å². The maximum Gasteiger partial charge on any atom is 0.224 e. The molecule has 1 rings (SSSR count). The van der Waals surface area contributed by atoms with Crippen LogP contribution in [0.15, 0.2) is 0 Å². The van der Waals surface area contributed by atoms with Crippen LogP contribution in [0.2, 0.25) is 0 Å². The molecule has 2 amide bonds. The number of Topliss-reactive ketones (excluding diaryl/α,β-unsaturated/α-hetero) is 1. The van der Waals surface area contributed by atoms with Crippen molar-refractivity contribution in [3.05, 3.63) is 6.42 Å². The van der Waals surface area contributed by atoms with E-state index in [4.69, 9.17) is 10.5 Å². The van der Waals surface area contributed by atoms with Crippen molar-refractivity contribution in [2.24, 2.45) is 11.1 Å². The van der Waals surface area contributed by atoms with Crippen molar-refractivity contribution in [3.63, 3.8) is 0 Å². The van der Waals surface area contributed by atoms with Crippen LogP contribution in [0.1, 0.15) is 26.7 Å². The number of amides is 2. The molecule has 0 bridgehead atoms. The predicted molar refractivity (Wildman–Crippen MR) is 81.7 cm³/mol. The van der Waals surface area contributed by atoms with Crippen molar-refractivity contribution >= 4 is 17.6 Å². The van der Waals surface area contributed by atoms with Gasteiger partial charge in [0.15, 0.2) is 5.78 Å². The van der Waals surface area contributed by atoms with Gasteiger partial charge in [-0.2, -0.15) is 0 Å². The summed E-state index contributed by atoms with van der Waals surface area (Å²) >= 11 is 0. The van der Waals surface area contributed by atoms with Gasteiger partial charge >= 0.3 is 0 Å². The lowest BCUT2D eigenvalue weighted by molar-refractivity contribution is -0.127. The lowest BCUT2D eigenvalue weighted by atomic mass is 9.87. The van der Waals surface area contributed by atoms with Crippen LogP contribution in [0.3, 0.4) is 0 Å². The third-order valence-corrected chi connectivity index (χ3v) is 3.78. The second kappa shape index (κ2) is 7.69. The van der Waals surface area contributed by atoms with Gasteiger partial charge < -0.3 is 20.7 Å². The van der Waals surface area contributed by atoms with Gasteiger partial charge in [0.2, 0.25) is 11.8 Å². The number of primary amides is 1. The molecule has 1 aliphatic heterocycles. The van der Waals surface area contributed by atoms with E-state index in [1.54, 1.807) is 13.8 Å². The summed E-state index contributed by atoms with van der Waals surface area (Å²) in [5.41, 5.74) is 4.47. The van der Waals surface area contributed by atoms with Crippen LogP contribution in [0.4, 0.5) is 0 Å². The molecule has 2 atom stereocenters.